The number of carbonyl (C=O) groups is 3. The van der Waals surface area contributed by atoms with Crippen molar-refractivity contribution in [2.24, 2.45) is 0 Å². The van der Waals surface area contributed by atoms with E-state index in [4.69, 9.17) is 0 Å². The van der Waals surface area contributed by atoms with Gasteiger partial charge in [0.15, 0.2) is 0 Å². The molecule has 2 aromatic carbocycles. The van der Waals surface area contributed by atoms with Crippen LogP contribution in [0.1, 0.15) is 42.9 Å². The summed E-state index contributed by atoms with van der Waals surface area (Å²) in [6.45, 7) is 5.95. The van der Waals surface area contributed by atoms with Gasteiger partial charge >= 0.3 is 6.03 Å². The fourth-order valence-corrected chi connectivity index (χ4v) is 4.51. The minimum absolute atomic E-state index is 0.283. The van der Waals surface area contributed by atoms with Crippen molar-refractivity contribution >= 4 is 23.5 Å². The van der Waals surface area contributed by atoms with Gasteiger partial charge in [0, 0.05) is 32.4 Å². The second kappa shape index (κ2) is 9.25. The molecule has 1 unspecified atom stereocenters. The summed E-state index contributed by atoms with van der Waals surface area (Å²) < 4.78 is 0. The van der Waals surface area contributed by atoms with Crippen molar-refractivity contribution in [2.75, 3.05) is 31.6 Å². The van der Waals surface area contributed by atoms with Crippen molar-refractivity contribution in [1.82, 2.24) is 15.1 Å². The van der Waals surface area contributed by atoms with Crippen molar-refractivity contribution in [3.63, 3.8) is 0 Å². The Kier molecular flexibility index (Phi) is 6.40. The third kappa shape index (κ3) is 4.72. The zero-order valence-electron chi connectivity index (χ0n) is 19.6. The Hall–Kier alpha value is -3.35. The number of anilines is 1. The summed E-state index contributed by atoms with van der Waals surface area (Å²) in [7, 11) is 1.69. The van der Waals surface area contributed by atoms with E-state index in [-0.39, 0.29) is 12.5 Å². The third-order valence-electron chi connectivity index (χ3n) is 6.70. The van der Waals surface area contributed by atoms with Gasteiger partial charge in [-0.3, -0.25) is 14.5 Å². The molecule has 7 nitrogen and oxygen atoms in total. The molecule has 174 valence electrons. The van der Waals surface area contributed by atoms with Gasteiger partial charge in [-0.05, 0) is 56.4 Å². The van der Waals surface area contributed by atoms with Crippen molar-refractivity contribution in [3.05, 3.63) is 65.2 Å². The van der Waals surface area contributed by atoms with E-state index in [0.29, 0.717) is 12.1 Å². The smallest absolute Gasteiger partial charge is 0.325 e. The van der Waals surface area contributed by atoms with E-state index < -0.39 is 17.5 Å². The van der Waals surface area contributed by atoms with Gasteiger partial charge in [0.25, 0.3) is 5.91 Å². The number of hydrogen-bond acceptors (Lipinski definition) is 4. The molecule has 2 fully saturated rings. The average molecular weight is 449 g/mol. The molecule has 0 aromatic heterocycles. The number of nitrogens with one attached hydrogen (secondary N) is 1. The van der Waals surface area contributed by atoms with E-state index >= 15 is 0 Å². The van der Waals surface area contributed by atoms with E-state index in [9.17, 15) is 14.4 Å². The second-order valence-electron chi connectivity index (χ2n) is 9.28. The number of rotatable bonds is 6. The number of benzene rings is 2. The number of imide groups is 1. The van der Waals surface area contributed by atoms with Gasteiger partial charge in [-0.15, -0.1) is 0 Å². The van der Waals surface area contributed by atoms with Crippen molar-refractivity contribution < 1.29 is 14.4 Å². The molecule has 7 heteroatoms. The molecular formula is C26H32N4O3. The van der Waals surface area contributed by atoms with Gasteiger partial charge in [-0.2, -0.15) is 0 Å². The first kappa shape index (κ1) is 22.8. The summed E-state index contributed by atoms with van der Waals surface area (Å²) in [4.78, 5) is 43.5. The first-order valence-corrected chi connectivity index (χ1v) is 11.6. The lowest BCUT2D eigenvalue weighted by molar-refractivity contribution is -0.138. The van der Waals surface area contributed by atoms with E-state index in [1.165, 1.54) is 24.9 Å². The van der Waals surface area contributed by atoms with Crippen LogP contribution in [-0.2, 0) is 21.7 Å². The first-order valence-electron chi connectivity index (χ1n) is 11.6. The number of aryl methyl sites for hydroxylation is 1. The molecule has 33 heavy (non-hydrogen) atoms. The van der Waals surface area contributed by atoms with Crippen molar-refractivity contribution in [1.29, 1.82) is 0 Å². The Morgan fingerprint density at radius 1 is 1.00 bits per heavy atom. The summed E-state index contributed by atoms with van der Waals surface area (Å²) in [6, 6.07) is 15.2. The first-order chi connectivity index (χ1) is 15.8. The normalized spacial score (nSPS) is 20.7. The summed E-state index contributed by atoms with van der Waals surface area (Å²) in [5.74, 6) is -0.698. The Bertz CT molecular complexity index is 1030. The van der Waals surface area contributed by atoms with E-state index in [2.05, 4.69) is 22.3 Å². The number of urea groups is 1. The lowest BCUT2D eigenvalue weighted by atomic mass is 9.91. The maximum absolute atomic E-state index is 13.1. The lowest BCUT2D eigenvalue weighted by Crippen LogP contribution is -2.43. The highest BCUT2D eigenvalue weighted by Gasteiger charge is 2.49. The fourth-order valence-electron chi connectivity index (χ4n) is 4.51. The molecule has 2 saturated heterocycles. The quantitative estimate of drug-likeness (QED) is 0.688. The number of hydrogen-bond donors (Lipinski definition) is 1. The van der Waals surface area contributed by atoms with E-state index in [0.717, 1.165) is 29.1 Å². The zero-order chi connectivity index (χ0) is 23.6. The highest BCUT2D eigenvalue weighted by atomic mass is 16.2. The molecule has 2 heterocycles. The van der Waals surface area contributed by atoms with Crippen LogP contribution in [0.3, 0.4) is 0 Å². The van der Waals surface area contributed by atoms with Crippen molar-refractivity contribution in [3.8, 4) is 0 Å². The average Bonchev–Trinajstić information content (AvgIpc) is 3.04. The number of carbonyl (C=O) groups excluding carboxylic acids is 3. The molecule has 2 aliphatic rings. The summed E-state index contributed by atoms with van der Waals surface area (Å²) in [5.41, 5.74) is 2.81. The molecule has 0 spiro atoms. The molecule has 1 atom stereocenters. The van der Waals surface area contributed by atoms with Crippen molar-refractivity contribution in [2.45, 2.75) is 45.2 Å². The van der Waals surface area contributed by atoms with Crippen LogP contribution in [0.5, 0.6) is 0 Å². The minimum Gasteiger partial charge on any atom is -0.372 e. The summed E-state index contributed by atoms with van der Waals surface area (Å²) in [5, 5.41) is 2.76. The van der Waals surface area contributed by atoms with Crippen LogP contribution in [0.15, 0.2) is 48.5 Å². The molecule has 0 saturated carbocycles. The molecule has 1 N–H and O–H groups in total. The Labute approximate surface area is 195 Å². The van der Waals surface area contributed by atoms with E-state index in [1.807, 2.05) is 43.3 Å². The standard InChI is InChI=1S/C26H32N4O3/c1-19-7-11-21(12-8-19)26(2)24(32)30(25(33)27-26)18-23(31)28(3)17-20-9-13-22(14-10-20)29-15-5-4-6-16-29/h7-14H,4-6,15-18H2,1-3H3,(H,27,33). The molecule has 0 aliphatic carbocycles. The summed E-state index contributed by atoms with van der Waals surface area (Å²) in [6.07, 6.45) is 3.75. The minimum atomic E-state index is -1.17. The van der Waals surface area contributed by atoms with Crippen LogP contribution < -0.4 is 10.2 Å². The van der Waals surface area contributed by atoms with Crippen LogP contribution >= 0.6 is 0 Å². The van der Waals surface area contributed by atoms with Crippen LogP contribution in [0, 0.1) is 6.92 Å². The van der Waals surface area contributed by atoms with Crippen LogP contribution in [-0.4, -0.2) is 54.3 Å². The maximum Gasteiger partial charge on any atom is 0.325 e. The molecule has 4 rings (SSSR count). The molecule has 2 aliphatic heterocycles. The van der Waals surface area contributed by atoms with E-state index in [1.54, 1.807) is 18.9 Å². The lowest BCUT2D eigenvalue weighted by Gasteiger charge is -2.29. The fraction of sp³-hybridized carbons (Fsp3) is 0.423. The number of likely N-dealkylation sites (N-methyl/N-ethyl adjacent to an activating group) is 1. The highest BCUT2D eigenvalue weighted by Crippen LogP contribution is 2.29. The Morgan fingerprint density at radius 2 is 1.64 bits per heavy atom. The number of piperidine rings is 1. The van der Waals surface area contributed by atoms with Crippen LogP contribution in [0.2, 0.25) is 0 Å². The maximum atomic E-state index is 13.1. The number of nitrogens with zero attached hydrogens (tertiary/aromatic N) is 3. The second-order valence-corrected chi connectivity index (χ2v) is 9.28. The van der Waals surface area contributed by atoms with Gasteiger partial charge < -0.3 is 15.1 Å². The number of amides is 4. The van der Waals surface area contributed by atoms with Gasteiger partial charge in [0.1, 0.15) is 12.1 Å². The highest BCUT2D eigenvalue weighted by molar-refractivity contribution is 6.09. The summed E-state index contributed by atoms with van der Waals surface area (Å²) >= 11 is 0. The van der Waals surface area contributed by atoms with Gasteiger partial charge in [0.05, 0.1) is 0 Å². The molecular weight excluding hydrogens is 416 g/mol. The molecule has 2 aromatic rings. The Balaban J connectivity index is 1.37. The third-order valence-corrected chi connectivity index (χ3v) is 6.70. The van der Waals surface area contributed by atoms with Gasteiger partial charge in [0.2, 0.25) is 5.91 Å². The monoisotopic (exact) mass is 448 g/mol. The van der Waals surface area contributed by atoms with Crippen LogP contribution in [0.4, 0.5) is 10.5 Å². The van der Waals surface area contributed by atoms with Crippen LogP contribution in [0.25, 0.3) is 0 Å². The SMILES string of the molecule is Cc1ccc(C2(C)NC(=O)N(CC(=O)N(C)Cc3ccc(N4CCCCC4)cc3)C2=O)cc1. The zero-order valence-corrected chi connectivity index (χ0v) is 19.6. The van der Waals surface area contributed by atoms with Gasteiger partial charge in [-0.25, -0.2) is 4.79 Å². The predicted molar refractivity (Wildman–Crippen MR) is 128 cm³/mol. The molecule has 0 bridgehead atoms. The van der Waals surface area contributed by atoms with Gasteiger partial charge in [-0.1, -0.05) is 42.0 Å². The predicted octanol–water partition coefficient (Wildman–Crippen LogP) is 3.41. The largest absolute Gasteiger partial charge is 0.372 e. The molecule has 0 radical (unpaired) electrons. The Morgan fingerprint density at radius 3 is 2.27 bits per heavy atom. The topological polar surface area (TPSA) is 73.0 Å². The molecule has 4 amide bonds.